The summed E-state index contributed by atoms with van der Waals surface area (Å²) >= 11 is 4.92. The molecule has 1 heterocycles. The number of hydrogen-bond acceptors (Lipinski definition) is 4. The van der Waals surface area contributed by atoms with E-state index in [0.717, 1.165) is 20.6 Å². The van der Waals surface area contributed by atoms with E-state index in [-0.39, 0.29) is 18.6 Å². The molecule has 3 aromatic rings. The summed E-state index contributed by atoms with van der Waals surface area (Å²) in [6.45, 7) is 0. The molecule has 2 aromatic carbocycles. The molecule has 0 aliphatic carbocycles. The average Bonchev–Trinajstić information content (AvgIpc) is 3.10. The number of carboxylic acid groups (broad SMARTS) is 1. The molecule has 1 aromatic heterocycles. The van der Waals surface area contributed by atoms with Crippen LogP contribution in [0.15, 0.2) is 64.5 Å². The number of benzene rings is 2. The van der Waals surface area contributed by atoms with Crippen LogP contribution in [0.1, 0.15) is 17.7 Å². The van der Waals surface area contributed by atoms with Crippen molar-refractivity contribution in [3.8, 4) is 10.6 Å². The number of hydrogen-bond donors (Lipinski definition) is 1. The predicted octanol–water partition coefficient (Wildman–Crippen LogP) is 5.02. The SMILES string of the molecule is O=C(Cc1csc(-c2cccc(Br)c2)n1)C[C@H](Cc1ccccc1)C(=O)O. The molecule has 0 saturated heterocycles. The molecule has 0 radical (unpaired) electrons. The highest BCUT2D eigenvalue weighted by molar-refractivity contribution is 9.10. The first kappa shape index (κ1) is 19.5. The Morgan fingerprint density at radius 3 is 2.59 bits per heavy atom. The van der Waals surface area contributed by atoms with E-state index < -0.39 is 11.9 Å². The van der Waals surface area contributed by atoms with Gasteiger partial charge in [0.2, 0.25) is 0 Å². The number of aliphatic carboxylic acids is 1. The van der Waals surface area contributed by atoms with Gasteiger partial charge in [0.05, 0.1) is 11.6 Å². The molecule has 1 atom stereocenters. The maximum Gasteiger partial charge on any atom is 0.307 e. The van der Waals surface area contributed by atoms with Crippen LogP contribution < -0.4 is 0 Å². The van der Waals surface area contributed by atoms with Crippen LogP contribution in [0.5, 0.6) is 0 Å². The Morgan fingerprint density at radius 1 is 1.11 bits per heavy atom. The average molecular weight is 444 g/mol. The molecule has 0 unspecified atom stereocenters. The van der Waals surface area contributed by atoms with Crippen molar-refractivity contribution in [2.24, 2.45) is 5.92 Å². The largest absolute Gasteiger partial charge is 0.481 e. The standard InChI is InChI=1S/C21H18BrNO3S/c22-17-8-4-7-15(10-17)20-23-18(13-27-20)12-19(24)11-16(21(25)26)9-14-5-2-1-3-6-14/h1-8,10,13,16H,9,11-12H2,(H,25,26)/t16-/m0/s1. The highest BCUT2D eigenvalue weighted by atomic mass is 79.9. The minimum Gasteiger partial charge on any atom is -0.481 e. The van der Waals surface area contributed by atoms with E-state index in [4.69, 9.17) is 0 Å². The Morgan fingerprint density at radius 2 is 1.89 bits per heavy atom. The molecule has 0 amide bonds. The molecule has 0 aliphatic heterocycles. The third-order valence-corrected chi connectivity index (χ3v) is 5.58. The van der Waals surface area contributed by atoms with Crippen molar-refractivity contribution < 1.29 is 14.7 Å². The quantitative estimate of drug-likeness (QED) is 0.530. The van der Waals surface area contributed by atoms with E-state index >= 15 is 0 Å². The molecule has 1 N–H and O–H groups in total. The zero-order valence-electron chi connectivity index (χ0n) is 14.5. The van der Waals surface area contributed by atoms with Crippen LogP contribution in [0.25, 0.3) is 10.6 Å². The van der Waals surface area contributed by atoms with Crippen LogP contribution in [-0.2, 0) is 22.4 Å². The molecule has 4 nitrogen and oxygen atoms in total. The van der Waals surface area contributed by atoms with Crippen molar-refractivity contribution in [1.82, 2.24) is 4.98 Å². The minimum absolute atomic E-state index is 0.00791. The normalized spacial score (nSPS) is 11.9. The Balaban J connectivity index is 1.63. The number of carboxylic acids is 1. The fraction of sp³-hybridized carbons (Fsp3) is 0.190. The maximum atomic E-state index is 12.4. The monoisotopic (exact) mass is 443 g/mol. The molecular formula is C21H18BrNO3S. The van der Waals surface area contributed by atoms with Crippen LogP contribution in [0.2, 0.25) is 0 Å². The van der Waals surface area contributed by atoms with Gasteiger partial charge >= 0.3 is 5.97 Å². The first-order valence-corrected chi connectivity index (χ1v) is 10.2. The second kappa shape index (κ2) is 9.06. The Bertz CT molecular complexity index is 939. The van der Waals surface area contributed by atoms with Crippen molar-refractivity contribution in [2.75, 3.05) is 0 Å². The molecule has 138 valence electrons. The summed E-state index contributed by atoms with van der Waals surface area (Å²) < 4.78 is 0.970. The van der Waals surface area contributed by atoms with Crippen molar-refractivity contribution in [3.63, 3.8) is 0 Å². The number of carbonyl (C=O) groups excluding carboxylic acids is 1. The molecule has 0 aliphatic rings. The van der Waals surface area contributed by atoms with Crippen LogP contribution >= 0.6 is 27.3 Å². The molecule has 3 rings (SSSR count). The predicted molar refractivity (Wildman–Crippen MR) is 110 cm³/mol. The number of ketones is 1. The van der Waals surface area contributed by atoms with Crippen LogP contribution in [0.4, 0.5) is 0 Å². The van der Waals surface area contributed by atoms with Crippen LogP contribution in [-0.4, -0.2) is 21.8 Å². The Labute approximate surface area is 170 Å². The van der Waals surface area contributed by atoms with E-state index in [9.17, 15) is 14.7 Å². The molecule has 6 heteroatoms. The van der Waals surface area contributed by atoms with Gasteiger partial charge in [0.15, 0.2) is 0 Å². The first-order valence-electron chi connectivity index (χ1n) is 8.50. The number of nitrogens with zero attached hydrogens (tertiary/aromatic N) is 1. The third kappa shape index (κ3) is 5.58. The van der Waals surface area contributed by atoms with Gasteiger partial charge in [0.25, 0.3) is 0 Å². The van der Waals surface area contributed by atoms with Gasteiger partial charge in [-0.2, -0.15) is 0 Å². The summed E-state index contributed by atoms with van der Waals surface area (Å²) in [5.74, 6) is -1.77. The number of halogens is 1. The molecule has 0 saturated carbocycles. The van der Waals surface area contributed by atoms with Gasteiger partial charge < -0.3 is 5.11 Å². The van der Waals surface area contributed by atoms with Crippen molar-refractivity contribution in [2.45, 2.75) is 19.3 Å². The summed E-state index contributed by atoms with van der Waals surface area (Å²) in [6, 6.07) is 17.2. The van der Waals surface area contributed by atoms with Gasteiger partial charge in [0.1, 0.15) is 10.8 Å². The van der Waals surface area contributed by atoms with Gasteiger partial charge in [-0.1, -0.05) is 58.4 Å². The lowest BCUT2D eigenvalue weighted by atomic mass is 9.93. The molecule has 0 spiro atoms. The van der Waals surface area contributed by atoms with Crippen molar-refractivity contribution >= 4 is 39.0 Å². The van der Waals surface area contributed by atoms with Crippen molar-refractivity contribution in [1.29, 1.82) is 0 Å². The fourth-order valence-electron chi connectivity index (χ4n) is 2.84. The van der Waals surface area contributed by atoms with Gasteiger partial charge in [-0.05, 0) is 24.1 Å². The summed E-state index contributed by atoms with van der Waals surface area (Å²) in [5.41, 5.74) is 2.59. The lowest BCUT2D eigenvalue weighted by molar-refractivity contribution is -0.143. The minimum atomic E-state index is -0.944. The van der Waals surface area contributed by atoms with E-state index in [1.807, 2.05) is 60.0 Å². The fourth-order valence-corrected chi connectivity index (χ4v) is 4.05. The van der Waals surface area contributed by atoms with E-state index in [1.165, 1.54) is 11.3 Å². The van der Waals surface area contributed by atoms with E-state index in [1.54, 1.807) is 0 Å². The topological polar surface area (TPSA) is 67.3 Å². The Hall–Kier alpha value is -2.31. The summed E-state index contributed by atoms with van der Waals surface area (Å²) in [7, 11) is 0. The highest BCUT2D eigenvalue weighted by Crippen LogP contribution is 2.26. The number of Topliss-reactive ketones (excluding diaryl/α,β-unsaturated/α-hetero) is 1. The summed E-state index contributed by atoms with van der Waals surface area (Å²) in [4.78, 5) is 28.5. The second-order valence-electron chi connectivity index (χ2n) is 6.30. The van der Waals surface area contributed by atoms with Crippen LogP contribution in [0.3, 0.4) is 0 Å². The van der Waals surface area contributed by atoms with E-state index in [0.29, 0.717) is 12.1 Å². The zero-order chi connectivity index (χ0) is 19.2. The van der Waals surface area contributed by atoms with Gasteiger partial charge in [0, 0.05) is 28.3 Å². The molecule has 27 heavy (non-hydrogen) atoms. The highest BCUT2D eigenvalue weighted by Gasteiger charge is 2.22. The smallest absolute Gasteiger partial charge is 0.307 e. The molecular weight excluding hydrogens is 426 g/mol. The van der Waals surface area contributed by atoms with E-state index in [2.05, 4.69) is 20.9 Å². The molecule has 0 fully saturated rings. The summed E-state index contributed by atoms with van der Waals surface area (Å²) in [6.07, 6.45) is 0.513. The molecule has 0 bridgehead atoms. The van der Waals surface area contributed by atoms with Gasteiger partial charge in [-0.15, -0.1) is 11.3 Å². The lowest BCUT2D eigenvalue weighted by Gasteiger charge is -2.11. The van der Waals surface area contributed by atoms with Gasteiger partial charge in [-0.25, -0.2) is 4.98 Å². The van der Waals surface area contributed by atoms with Crippen LogP contribution in [0, 0.1) is 5.92 Å². The first-order chi connectivity index (χ1) is 13.0. The number of thiazole rings is 1. The second-order valence-corrected chi connectivity index (χ2v) is 8.07. The Kier molecular flexibility index (Phi) is 6.53. The number of carbonyl (C=O) groups is 2. The maximum absolute atomic E-state index is 12.4. The summed E-state index contributed by atoms with van der Waals surface area (Å²) in [5, 5.41) is 12.2. The third-order valence-electron chi connectivity index (χ3n) is 4.15. The lowest BCUT2D eigenvalue weighted by Crippen LogP contribution is -2.21. The van der Waals surface area contributed by atoms with Crippen molar-refractivity contribution in [3.05, 3.63) is 75.7 Å². The number of aromatic nitrogens is 1. The number of rotatable bonds is 8. The zero-order valence-corrected chi connectivity index (χ0v) is 16.9. The van der Waals surface area contributed by atoms with Gasteiger partial charge in [-0.3, -0.25) is 9.59 Å².